The molecule has 0 saturated heterocycles. The lowest BCUT2D eigenvalue weighted by Crippen LogP contribution is -2.33. The van der Waals surface area contributed by atoms with E-state index in [1.165, 1.54) is 22.3 Å². The molecular formula is C37H42N2O6. The number of ether oxygens (including phenoxy) is 4. The summed E-state index contributed by atoms with van der Waals surface area (Å²) in [5, 5.41) is 20.8. The van der Waals surface area contributed by atoms with Gasteiger partial charge in [-0.2, -0.15) is 0 Å². The third-order valence-electron chi connectivity index (χ3n) is 9.37. The lowest BCUT2D eigenvalue weighted by molar-refractivity contribution is 0.228. The summed E-state index contributed by atoms with van der Waals surface area (Å²) in [5.74, 6) is 3.43. The largest absolute Gasteiger partial charge is 0.504 e. The minimum atomic E-state index is 0.109. The Labute approximate surface area is 265 Å². The highest BCUT2D eigenvalue weighted by Crippen LogP contribution is 2.41. The Bertz CT molecular complexity index is 1670. The molecule has 0 unspecified atom stereocenters. The Morgan fingerprint density at radius 3 is 1.78 bits per heavy atom. The molecule has 0 aromatic heterocycles. The molecule has 2 aliphatic rings. The van der Waals surface area contributed by atoms with E-state index in [0.717, 1.165) is 55.6 Å². The molecule has 0 saturated carbocycles. The van der Waals surface area contributed by atoms with Crippen LogP contribution in [0.1, 0.15) is 45.5 Å². The quantitative estimate of drug-likeness (QED) is 0.224. The topological polar surface area (TPSA) is 83.9 Å². The highest BCUT2D eigenvalue weighted by Gasteiger charge is 2.28. The van der Waals surface area contributed by atoms with Crippen molar-refractivity contribution in [2.45, 2.75) is 37.8 Å². The summed E-state index contributed by atoms with van der Waals surface area (Å²) < 4.78 is 22.8. The molecule has 45 heavy (non-hydrogen) atoms. The number of hydrogen-bond acceptors (Lipinski definition) is 8. The molecule has 236 valence electrons. The summed E-state index contributed by atoms with van der Waals surface area (Å²) in [5.41, 5.74) is 7.00. The summed E-state index contributed by atoms with van der Waals surface area (Å²) in [6, 6.07) is 22.2. The van der Waals surface area contributed by atoms with Crippen LogP contribution in [0.3, 0.4) is 0 Å². The molecule has 2 aliphatic heterocycles. The van der Waals surface area contributed by atoms with E-state index in [4.69, 9.17) is 18.9 Å². The van der Waals surface area contributed by atoms with E-state index in [9.17, 15) is 10.2 Å². The van der Waals surface area contributed by atoms with Gasteiger partial charge in [-0.15, -0.1) is 0 Å². The van der Waals surface area contributed by atoms with Gasteiger partial charge in [-0.05, 0) is 122 Å². The number of methoxy groups -OCH3 is 3. The van der Waals surface area contributed by atoms with E-state index in [1.54, 1.807) is 21.3 Å². The summed E-state index contributed by atoms with van der Waals surface area (Å²) >= 11 is 0. The molecule has 4 aromatic rings. The number of hydrogen-bond donors (Lipinski definition) is 2. The van der Waals surface area contributed by atoms with Gasteiger partial charge in [-0.3, -0.25) is 9.80 Å². The molecule has 2 N–H and O–H groups in total. The highest BCUT2D eigenvalue weighted by atomic mass is 16.5. The summed E-state index contributed by atoms with van der Waals surface area (Å²) in [7, 11) is 9.09. The number of rotatable bonds is 9. The lowest BCUT2D eigenvalue weighted by Gasteiger charge is -2.35. The molecular weight excluding hydrogens is 568 g/mol. The van der Waals surface area contributed by atoms with Gasteiger partial charge in [0.15, 0.2) is 34.5 Å². The van der Waals surface area contributed by atoms with E-state index in [2.05, 4.69) is 48.2 Å². The second kappa shape index (κ2) is 12.9. The molecule has 2 heterocycles. The van der Waals surface area contributed by atoms with Crippen molar-refractivity contribution >= 4 is 0 Å². The van der Waals surface area contributed by atoms with Gasteiger partial charge < -0.3 is 29.2 Å². The van der Waals surface area contributed by atoms with Gasteiger partial charge >= 0.3 is 0 Å². The zero-order valence-corrected chi connectivity index (χ0v) is 26.7. The smallest absolute Gasteiger partial charge is 0.169 e. The van der Waals surface area contributed by atoms with Gasteiger partial charge in [0.25, 0.3) is 0 Å². The number of phenols is 2. The van der Waals surface area contributed by atoms with E-state index in [1.807, 2.05) is 42.5 Å². The number of phenolic OH excluding ortho intramolecular Hbond substituents is 2. The predicted molar refractivity (Wildman–Crippen MR) is 174 cm³/mol. The molecule has 8 nitrogen and oxygen atoms in total. The number of benzene rings is 4. The van der Waals surface area contributed by atoms with Crippen LogP contribution in [-0.2, 0) is 25.7 Å². The normalized spacial score (nSPS) is 18.2. The van der Waals surface area contributed by atoms with Crippen molar-refractivity contribution in [3.8, 4) is 40.2 Å². The first kappa shape index (κ1) is 30.6. The van der Waals surface area contributed by atoms with Gasteiger partial charge in [0.05, 0.1) is 21.3 Å². The highest BCUT2D eigenvalue weighted by molar-refractivity contribution is 5.51. The summed E-state index contributed by atoms with van der Waals surface area (Å²) in [6.07, 6.45) is 3.39. The van der Waals surface area contributed by atoms with Gasteiger partial charge in [-0.1, -0.05) is 18.2 Å². The van der Waals surface area contributed by atoms with E-state index in [0.29, 0.717) is 23.0 Å². The van der Waals surface area contributed by atoms with Crippen LogP contribution in [0.4, 0.5) is 0 Å². The first-order valence-electron chi connectivity index (χ1n) is 15.4. The van der Waals surface area contributed by atoms with Crippen LogP contribution in [0, 0.1) is 0 Å². The van der Waals surface area contributed by atoms with Crippen LogP contribution in [0.5, 0.6) is 40.2 Å². The second-order valence-corrected chi connectivity index (χ2v) is 12.1. The molecule has 4 aromatic carbocycles. The van der Waals surface area contributed by atoms with Crippen molar-refractivity contribution in [1.82, 2.24) is 9.80 Å². The van der Waals surface area contributed by atoms with Crippen molar-refractivity contribution < 1.29 is 29.2 Å². The Morgan fingerprint density at radius 2 is 1.13 bits per heavy atom. The zero-order chi connectivity index (χ0) is 31.7. The van der Waals surface area contributed by atoms with Gasteiger partial charge in [0.2, 0.25) is 0 Å². The van der Waals surface area contributed by atoms with Crippen LogP contribution in [-0.4, -0.2) is 68.5 Å². The molecule has 0 radical (unpaired) electrons. The van der Waals surface area contributed by atoms with Crippen LogP contribution in [0.25, 0.3) is 0 Å². The standard InChI is InChI=1S/C37H42N2O6/c1-38-14-12-25-19-32(40)36(44-5)22-29(25)30(38)16-23-6-9-27(10-7-23)45-37-18-24(8-11-34(37)42-3)17-31-28-21-33(41)35(43-4)20-26(28)13-15-39(31)2/h6-11,18-22,30-31,40-41H,12-17H2,1-5H3/t30-,31+/m0/s1. The number of aromatic hydroxyl groups is 2. The summed E-state index contributed by atoms with van der Waals surface area (Å²) in [6.45, 7) is 1.86. The van der Waals surface area contributed by atoms with Crippen molar-refractivity contribution in [2.24, 2.45) is 0 Å². The zero-order valence-electron chi connectivity index (χ0n) is 26.7. The molecule has 0 spiro atoms. The molecule has 0 aliphatic carbocycles. The molecule has 8 heteroatoms. The fraction of sp³-hybridized carbons (Fsp3) is 0.351. The van der Waals surface area contributed by atoms with Crippen molar-refractivity contribution in [3.63, 3.8) is 0 Å². The Morgan fingerprint density at radius 1 is 0.600 bits per heavy atom. The van der Waals surface area contributed by atoms with Crippen LogP contribution in [0.15, 0.2) is 66.7 Å². The van der Waals surface area contributed by atoms with Crippen molar-refractivity contribution in [1.29, 1.82) is 0 Å². The Balaban J connectivity index is 1.20. The van der Waals surface area contributed by atoms with Gasteiger partial charge in [0, 0.05) is 25.2 Å². The first-order valence-corrected chi connectivity index (χ1v) is 15.4. The third-order valence-corrected chi connectivity index (χ3v) is 9.37. The minimum Gasteiger partial charge on any atom is -0.504 e. The maximum absolute atomic E-state index is 10.5. The number of likely N-dealkylation sites (N-methyl/N-ethyl adjacent to an activating group) is 2. The maximum atomic E-state index is 10.5. The molecule has 0 fully saturated rings. The molecule has 6 rings (SSSR count). The summed E-state index contributed by atoms with van der Waals surface area (Å²) in [4.78, 5) is 4.69. The van der Waals surface area contributed by atoms with E-state index in [-0.39, 0.29) is 23.6 Å². The fourth-order valence-corrected chi connectivity index (χ4v) is 6.74. The minimum absolute atomic E-state index is 0.109. The van der Waals surface area contributed by atoms with E-state index >= 15 is 0 Å². The van der Waals surface area contributed by atoms with Gasteiger partial charge in [0.1, 0.15) is 5.75 Å². The van der Waals surface area contributed by atoms with E-state index < -0.39 is 0 Å². The first-order chi connectivity index (χ1) is 21.8. The Kier molecular flexibility index (Phi) is 8.79. The average molecular weight is 611 g/mol. The molecule has 0 bridgehead atoms. The van der Waals surface area contributed by atoms with Crippen LogP contribution < -0.4 is 18.9 Å². The van der Waals surface area contributed by atoms with Crippen molar-refractivity contribution in [2.75, 3.05) is 48.5 Å². The molecule has 2 atom stereocenters. The predicted octanol–water partition coefficient (Wildman–Crippen LogP) is 6.46. The second-order valence-electron chi connectivity index (χ2n) is 12.1. The van der Waals surface area contributed by atoms with Crippen LogP contribution in [0.2, 0.25) is 0 Å². The van der Waals surface area contributed by atoms with Gasteiger partial charge in [-0.25, -0.2) is 0 Å². The average Bonchev–Trinajstić information content (AvgIpc) is 3.04. The maximum Gasteiger partial charge on any atom is 0.169 e. The van der Waals surface area contributed by atoms with Crippen molar-refractivity contribution in [3.05, 3.63) is 100 Å². The fourth-order valence-electron chi connectivity index (χ4n) is 6.74. The van der Waals surface area contributed by atoms with Crippen LogP contribution >= 0.6 is 0 Å². The Hall–Kier alpha value is -4.40. The molecule has 0 amide bonds. The monoisotopic (exact) mass is 610 g/mol. The lowest BCUT2D eigenvalue weighted by atomic mass is 9.88. The third kappa shape index (κ3) is 6.26. The SMILES string of the molecule is COc1cc2c(cc1O)[C@@H](Cc1ccc(OC)c(Oc3ccc(C[C@H]4c5cc(OC)c(O)cc5CCN4C)cc3)c1)N(C)CC2. The number of fused-ring (bicyclic) bond motifs is 2. The number of nitrogens with zero attached hydrogens (tertiary/aromatic N) is 2.